The Labute approximate surface area is 152 Å². The molecule has 8 heteroatoms. The van der Waals surface area contributed by atoms with Crippen LogP contribution < -0.4 is 5.32 Å². The third-order valence-corrected chi connectivity index (χ3v) is 5.03. The molecule has 0 radical (unpaired) electrons. The van der Waals surface area contributed by atoms with E-state index in [1.54, 1.807) is 18.2 Å². The molecular formula is C18H15FN4O2S. The molecule has 0 atom stereocenters. The van der Waals surface area contributed by atoms with E-state index in [9.17, 15) is 9.18 Å². The number of halogens is 1. The predicted octanol–water partition coefficient (Wildman–Crippen LogP) is 3.70. The van der Waals surface area contributed by atoms with Crippen molar-refractivity contribution in [3.63, 3.8) is 0 Å². The molecule has 0 aliphatic heterocycles. The second-order valence-corrected chi connectivity index (χ2v) is 7.06. The van der Waals surface area contributed by atoms with Gasteiger partial charge in [-0.1, -0.05) is 5.16 Å². The maximum absolute atomic E-state index is 13.0. The van der Waals surface area contributed by atoms with E-state index in [1.807, 2.05) is 6.92 Å². The summed E-state index contributed by atoms with van der Waals surface area (Å²) in [5.74, 6) is -0.479. The number of pyridine rings is 1. The van der Waals surface area contributed by atoms with Crippen LogP contribution >= 0.6 is 11.3 Å². The van der Waals surface area contributed by atoms with E-state index in [-0.39, 0.29) is 5.91 Å². The van der Waals surface area contributed by atoms with Gasteiger partial charge in [-0.05, 0) is 44.1 Å². The Morgan fingerprint density at radius 1 is 1.38 bits per heavy atom. The lowest BCUT2D eigenvalue weighted by molar-refractivity contribution is 0.0954. The van der Waals surface area contributed by atoms with Crippen LogP contribution in [0.4, 0.5) is 4.39 Å². The summed E-state index contributed by atoms with van der Waals surface area (Å²) in [6.07, 6.45) is 8.29. The molecular weight excluding hydrogens is 355 g/mol. The minimum Gasteiger partial charge on any atom is -0.363 e. The van der Waals surface area contributed by atoms with Gasteiger partial charge in [0.2, 0.25) is 0 Å². The maximum Gasteiger partial charge on any atom is 0.263 e. The van der Waals surface area contributed by atoms with Gasteiger partial charge in [0.05, 0.1) is 17.6 Å². The number of hydrogen-bond donors (Lipinski definition) is 1. The van der Waals surface area contributed by atoms with E-state index in [0.29, 0.717) is 38.6 Å². The molecule has 3 aromatic rings. The largest absolute Gasteiger partial charge is 0.363 e. The van der Waals surface area contributed by atoms with E-state index < -0.39 is 5.82 Å². The predicted molar refractivity (Wildman–Crippen MR) is 96.0 cm³/mol. The highest BCUT2D eigenvalue weighted by atomic mass is 32.1. The number of aromatic nitrogens is 3. The third-order valence-electron chi connectivity index (χ3n) is 3.90. The van der Waals surface area contributed by atoms with E-state index in [1.165, 1.54) is 23.7 Å². The summed E-state index contributed by atoms with van der Waals surface area (Å²) >= 11 is 1.34. The molecule has 1 N–H and O–H groups in total. The first kappa shape index (κ1) is 16.6. The van der Waals surface area contributed by atoms with Crippen LogP contribution in [0, 0.1) is 12.7 Å². The van der Waals surface area contributed by atoms with E-state index in [2.05, 4.69) is 20.4 Å². The highest BCUT2D eigenvalue weighted by molar-refractivity contribution is 7.14. The number of nitrogens with zero attached hydrogens (tertiary/aromatic N) is 3. The summed E-state index contributed by atoms with van der Waals surface area (Å²) in [5, 5.41) is 7.61. The van der Waals surface area contributed by atoms with Crippen molar-refractivity contribution in [1.82, 2.24) is 20.4 Å². The molecule has 0 spiro atoms. The summed E-state index contributed by atoms with van der Waals surface area (Å²) < 4.78 is 18.0. The molecule has 3 aromatic heterocycles. The molecule has 1 aliphatic carbocycles. The Balaban J connectivity index is 1.55. The quantitative estimate of drug-likeness (QED) is 0.741. The first-order valence-electron chi connectivity index (χ1n) is 8.13. The van der Waals surface area contributed by atoms with Gasteiger partial charge >= 0.3 is 0 Å². The summed E-state index contributed by atoms with van der Waals surface area (Å²) in [7, 11) is 0. The highest BCUT2D eigenvalue weighted by Crippen LogP contribution is 2.25. The topological polar surface area (TPSA) is 80.9 Å². The van der Waals surface area contributed by atoms with Crippen molar-refractivity contribution in [3.05, 3.63) is 51.6 Å². The maximum atomic E-state index is 13.0. The molecule has 0 saturated heterocycles. The van der Waals surface area contributed by atoms with Crippen molar-refractivity contribution in [2.24, 2.45) is 0 Å². The van der Waals surface area contributed by atoms with Crippen LogP contribution in [0.15, 0.2) is 29.1 Å². The number of thiazole rings is 1. The smallest absolute Gasteiger partial charge is 0.263 e. The van der Waals surface area contributed by atoms with Gasteiger partial charge in [0, 0.05) is 11.6 Å². The molecule has 1 fully saturated rings. The number of nitrogens with one attached hydrogen (secondary N) is 1. The van der Waals surface area contributed by atoms with Crippen LogP contribution in [-0.2, 0) is 0 Å². The highest BCUT2D eigenvalue weighted by Gasteiger charge is 2.25. The Bertz CT molecular complexity index is 973. The molecule has 3 heterocycles. The molecule has 4 rings (SSSR count). The summed E-state index contributed by atoms with van der Waals surface area (Å²) in [6.45, 7) is 1.82. The number of hydrogen-bond acceptors (Lipinski definition) is 6. The second-order valence-electron chi connectivity index (χ2n) is 6.03. The minimum absolute atomic E-state index is 0.0664. The van der Waals surface area contributed by atoms with Crippen LogP contribution in [-0.4, -0.2) is 27.1 Å². The molecule has 0 aromatic carbocycles. The van der Waals surface area contributed by atoms with Crippen molar-refractivity contribution in [2.75, 3.05) is 0 Å². The van der Waals surface area contributed by atoms with Gasteiger partial charge in [-0.3, -0.25) is 9.78 Å². The van der Waals surface area contributed by atoms with Crippen molar-refractivity contribution in [1.29, 1.82) is 0 Å². The van der Waals surface area contributed by atoms with E-state index in [0.717, 1.165) is 19.0 Å². The molecule has 6 nitrogen and oxygen atoms in total. The Kier molecular flexibility index (Phi) is 4.34. The van der Waals surface area contributed by atoms with Gasteiger partial charge in [0.25, 0.3) is 5.91 Å². The Hall–Kier alpha value is -2.87. The van der Waals surface area contributed by atoms with Crippen LogP contribution in [0.25, 0.3) is 23.5 Å². The van der Waals surface area contributed by atoms with Crippen LogP contribution in [0.5, 0.6) is 0 Å². The van der Waals surface area contributed by atoms with Crippen LogP contribution in [0.1, 0.15) is 38.8 Å². The Morgan fingerprint density at radius 2 is 2.23 bits per heavy atom. The molecule has 26 heavy (non-hydrogen) atoms. The lowest BCUT2D eigenvalue weighted by Gasteiger charge is -1.99. The number of rotatable bonds is 5. The van der Waals surface area contributed by atoms with Crippen molar-refractivity contribution < 1.29 is 13.7 Å². The second kappa shape index (κ2) is 6.80. The summed E-state index contributed by atoms with van der Waals surface area (Å²) in [6, 6.07) is 3.17. The average molecular weight is 370 g/mol. The van der Waals surface area contributed by atoms with Crippen LogP contribution in [0.3, 0.4) is 0 Å². The molecule has 132 valence electrons. The number of carbonyl (C=O) groups is 1. The van der Waals surface area contributed by atoms with Gasteiger partial charge in [-0.2, -0.15) is 0 Å². The molecule has 1 amide bonds. The van der Waals surface area contributed by atoms with Gasteiger partial charge in [0.15, 0.2) is 0 Å². The molecule has 0 unspecified atom stereocenters. The molecule has 1 aliphatic rings. The minimum atomic E-state index is -0.412. The van der Waals surface area contributed by atoms with Crippen LogP contribution in [0.2, 0.25) is 0 Å². The SMILES string of the molecule is Cc1nc(/C=C/c2conc2-c2ccc(F)cn2)sc1C(=O)NC1CC1. The first-order valence-corrected chi connectivity index (χ1v) is 8.94. The summed E-state index contributed by atoms with van der Waals surface area (Å²) in [5.41, 5.74) is 2.43. The lowest BCUT2D eigenvalue weighted by Crippen LogP contribution is -2.25. The zero-order valence-electron chi connectivity index (χ0n) is 13.9. The van der Waals surface area contributed by atoms with Gasteiger partial charge in [-0.25, -0.2) is 9.37 Å². The molecule has 1 saturated carbocycles. The van der Waals surface area contributed by atoms with Crippen molar-refractivity contribution >= 4 is 29.4 Å². The molecule has 0 bridgehead atoms. The van der Waals surface area contributed by atoms with E-state index in [4.69, 9.17) is 4.52 Å². The van der Waals surface area contributed by atoms with E-state index >= 15 is 0 Å². The summed E-state index contributed by atoms with van der Waals surface area (Å²) in [4.78, 5) is 21.3. The fourth-order valence-corrected chi connectivity index (χ4v) is 3.28. The number of amides is 1. The van der Waals surface area contributed by atoms with Crippen molar-refractivity contribution in [2.45, 2.75) is 25.8 Å². The van der Waals surface area contributed by atoms with Gasteiger partial charge in [-0.15, -0.1) is 11.3 Å². The number of aryl methyl sites for hydroxylation is 1. The monoisotopic (exact) mass is 370 g/mol. The fraction of sp³-hybridized carbons (Fsp3) is 0.222. The lowest BCUT2D eigenvalue weighted by atomic mass is 10.1. The average Bonchev–Trinajstić information content (AvgIpc) is 3.17. The fourth-order valence-electron chi connectivity index (χ4n) is 2.41. The van der Waals surface area contributed by atoms with Gasteiger partial charge in [0.1, 0.15) is 27.7 Å². The van der Waals surface area contributed by atoms with Gasteiger partial charge < -0.3 is 9.84 Å². The first-order chi connectivity index (χ1) is 12.6. The van der Waals surface area contributed by atoms with Crippen molar-refractivity contribution in [3.8, 4) is 11.4 Å². The third kappa shape index (κ3) is 3.55. The number of carbonyl (C=O) groups excluding carboxylic acids is 1. The zero-order valence-corrected chi connectivity index (χ0v) is 14.7. The zero-order chi connectivity index (χ0) is 18.1. The normalized spacial score (nSPS) is 14.1. The Morgan fingerprint density at radius 3 is 2.96 bits per heavy atom. The standard InChI is InChI=1S/C18H15FN4O2S/c1-10-17(18(24)22-13-4-5-13)26-15(21-10)7-2-11-9-25-23-16(11)14-6-3-12(19)8-20-14/h2-3,6-9,13H,4-5H2,1H3,(H,22,24)/b7-2+.